The first kappa shape index (κ1) is 13.9. The molecule has 0 aliphatic heterocycles. The van der Waals surface area contributed by atoms with Crippen molar-refractivity contribution >= 4 is 11.8 Å². The summed E-state index contributed by atoms with van der Waals surface area (Å²) in [6.45, 7) is 4.04. The summed E-state index contributed by atoms with van der Waals surface area (Å²) in [6.07, 6.45) is 0.936. The third-order valence-electron chi connectivity index (χ3n) is 2.80. The minimum Gasteiger partial charge on any atom is -0.496 e. The fourth-order valence-electron chi connectivity index (χ4n) is 1.83. The third-order valence-corrected chi connectivity index (χ3v) is 3.76. The normalized spacial score (nSPS) is 10.5. The minimum absolute atomic E-state index is 0.835. The fraction of sp³-hybridized carbons (Fsp3) is 0.333. The van der Waals surface area contributed by atoms with E-state index in [-0.39, 0.29) is 0 Å². The van der Waals surface area contributed by atoms with Crippen LogP contribution in [-0.2, 0) is 12.2 Å². The number of hydrogen-bond acceptors (Lipinski definition) is 4. The molecular formula is C15H18N2OS. The van der Waals surface area contributed by atoms with E-state index in [9.17, 15) is 0 Å². The molecule has 0 saturated carbocycles. The molecule has 1 aromatic heterocycles. The number of aromatic nitrogens is 2. The van der Waals surface area contributed by atoms with Gasteiger partial charge in [0.1, 0.15) is 16.6 Å². The van der Waals surface area contributed by atoms with Gasteiger partial charge in [-0.05, 0) is 25.5 Å². The second kappa shape index (κ2) is 6.57. The fourth-order valence-corrected chi connectivity index (χ4v) is 2.79. The molecule has 100 valence electrons. The van der Waals surface area contributed by atoms with Crippen molar-refractivity contribution in [3.63, 3.8) is 0 Å². The van der Waals surface area contributed by atoms with Gasteiger partial charge < -0.3 is 4.74 Å². The average molecular weight is 274 g/mol. The lowest BCUT2D eigenvalue weighted by Gasteiger charge is -2.08. The zero-order valence-electron chi connectivity index (χ0n) is 11.5. The number of ether oxygens (including phenoxy) is 1. The Morgan fingerprint density at radius 3 is 2.74 bits per heavy atom. The van der Waals surface area contributed by atoms with Gasteiger partial charge in [0.2, 0.25) is 0 Å². The molecule has 0 bridgehead atoms. The van der Waals surface area contributed by atoms with Gasteiger partial charge >= 0.3 is 0 Å². The van der Waals surface area contributed by atoms with Gasteiger partial charge in [0, 0.05) is 17.0 Å². The van der Waals surface area contributed by atoms with Crippen LogP contribution in [0.3, 0.4) is 0 Å². The van der Waals surface area contributed by atoms with Gasteiger partial charge in [-0.3, -0.25) is 0 Å². The molecule has 2 rings (SSSR count). The van der Waals surface area contributed by atoms with Crippen molar-refractivity contribution in [1.82, 2.24) is 9.97 Å². The van der Waals surface area contributed by atoms with Crippen LogP contribution >= 0.6 is 11.8 Å². The second-order valence-corrected chi connectivity index (χ2v) is 5.19. The van der Waals surface area contributed by atoms with Crippen LogP contribution < -0.4 is 4.74 Å². The Kier molecular flexibility index (Phi) is 4.80. The predicted molar refractivity (Wildman–Crippen MR) is 78.7 cm³/mol. The highest BCUT2D eigenvalue weighted by molar-refractivity contribution is 7.98. The summed E-state index contributed by atoms with van der Waals surface area (Å²) in [5, 5.41) is 1.02. The van der Waals surface area contributed by atoms with Crippen LogP contribution in [0.4, 0.5) is 0 Å². The van der Waals surface area contributed by atoms with Crippen LogP contribution in [0.2, 0.25) is 0 Å². The van der Waals surface area contributed by atoms with Crippen LogP contribution in [0.25, 0.3) is 0 Å². The molecule has 19 heavy (non-hydrogen) atoms. The molecule has 0 fully saturated rings. The highest BCUT2D eigenvalue weighted by atomic mass is 32.2. The minimum atomic E-state index is 0.835. The number of benzene rings is 1. The third kappa shape index (κ3) is 3.70. The Balaban J connectivity index is 2.12. The summed E-state index contributed by atoms with van der Waals surface area (Å²) in [5.41, 5.74) is 2.28. The van der Waals surface area contributed by atoms with E-state index in [2.05, 4.69) is 29.0 Å². The lowest BCUT2D eigenvalue weighted by atomic mass is 10.2. The van der Waals surface area contributed by atoms with Crippen LogP contribution in [-0.4, -0.2) is 17.1 Å². The van der Waals surface area contributed by atoms with Gasteiger partial charge in [-0.15, -0.1) is 11.8 Å². The molecule has 0 radical (unpaired) electrons. The monoisotopic (exact) mass is 274 g/mol. The molecule has 0 amide bonds. The van der Waals surface area contributed by atoms with E-state index in [4.69, 9.17) is 4.74 Å². The van der Waals surface area contributed by atoms with E-state index in [1.165, 1.54) is 5.56 Å². The van der Waals surface area contributed by atoms with Crippen molar-refractivity contribution in [1.29, 1.82) is 0 Å². The first-order valence-corrected chi connectivity index (χ1v) is 7.30. The van der Waals surface area contributed by atoms with Gasteiger partial charge in [-0.2, -0.15) is 0 Å². The molecule has 0 N–H and O–H groups in total. The number of aryl methyl sites for hydroxylation is 2. The first-order valence-electron chi connectivity index (χ1n) is 6.32. The number of thioether (sulfide) groups is 1. The molecule has 2 aromatic rings. The Morgan fingerprint density at radius 2 is 2.00 bits per heavy atom. The topological polar surface area (TPSA) is 35.0 Å². The summed E-state index contributed by atoms with van der Waals surface area (Å²) in [7, 11) is 1.70. The maximum Gasteiger partial charge on any atom is 0.126 e. The number of para-hydroxylation sites is 1. The largest absolute Gasteiger partial charge is 0.496 e. The second-order valence-electron chi connectivity index (χ2n) is 4.20. The van der Waals surface area contributed by atoms with E-state index < -0.39 is 0 Å². The zero-order valence-corrected chi connectivity index (χ0v) is 12.3. The lowest BCUT2D eigenvalue weighted by Crippen LogP contribution is -1.96. The highest BCUT2D eigenvalue weighted by Gasteiger charge is 2.05. The summed E-state index contributed by atoms with van der Waals surface area (Å²) < 4.78 is 5.36. The van der Waals surface area contributed by atoms with E-state index in [1.54, 1.807) is 18.9 Å². The molecule has 0 aliphatic rings. The molecule has 4 heteroatoms. The van der Waals surface area contributed by atoms with Crippen molar-refractivity contribution < 1.29 is 4.74 Å². The zero-order chi connectivity index (χ0) is 13.7. The van der Waals surface area contributed by atoms with Crippen molar-refractivity contribution in [2.45, 2.75) is 31.0 Å². The van der Waals surface area contributed by atoms with Crippen molar-refractivity contribution in [3.05, 3.63) is 47.4 Å². The summed E-state index contributed by atoms with van der Waals surface area (Å²) >= 11 is 1.72. The molecule has 3 nitrogen and oxygen atoms in total. The Bertz CT molecular complexity index is 558. The molecular weight excluding hydrogens is 256 g/mol. The van der Waals surface area contributed by atoms with Crippen molar-refractivity contribution in [2.75, 3.05) is 7.11 Å². The molecule has 1 heterocycles. The van der Waals surface area contributed by atoms with Gasteiger partial charge in [0.05, 0.1) is 7.11 Å². The molecule has 0 aliphatic carbocycles. The maximum absolute atomic E-state index is 5.36. The Hall–Kier alpha value is -1.55. The highest BCUT2D eigenvalue weighted by Crippen LogP contribution is 2.27. The van der Waals surface area contributed by atoms with E-state index in [0.717, 1.165) is 34.5 Å². The Labute approximate surface area is 118 Å². The smallest absolute Gasteiger partial charge is 0.126 e. The molecule has 0 spiro atoms. The summed E-state index contributed by atoms with van der Waals surface area (Å²) in [5.74, 6) is 2.61. The summed E-state index contributed by atoms with van der Waals surface area (Å²) in [4.78, 5) is 8.86. The van der Waals surface area contributed by atoms with Crippen LogP contribution in [0.5, 0.6) is 5.75 Å². The van der Waals surface area contributed by atoms with Crippen LogP contribution in [0, 0.1) is 6.92 Å². The standard InChI is InChI=1S/C15H18N2OS/c1-4-13-9-15(17-11(2)16-13)19-10-12-7-5-6-8-14(12)18-3/h5-9H,4,10H2,1-3H3. The number of methoxy groups -OCH3 is 1. The first-order chi connectivity index (χ1) is 9.22. The molecule has 0 saturated heterocycles. The lowest BCUT2D eigenvalue weighted by molar-refractivity contribution is 0.411. The Morgan fingerprint density at radius 1 is 1.21 bits per heavy atom. The predicted octanol–water partition coefficient (Wildman–Crippen LogP) is 3.65. The number of hydrogen-bond donors (Lipinski definition) is 0. The van der Waals surface area contributed by atoms with Crippen LogP contribution in [0.1, 0.15) is 24.0 Å². The average Bonchev–Trinajstić information content (AvgIpc) is 2.44. The number of rotatable bonds is 5. The van der Waals surface area contributed by atoms with E-state index >= 15 is 0 Å². The van der Waals surface area contributed by atoms with Gasteiger partial charge in [0.25, 0.3) is 0 Å². The summed E-state index contributed by atoms with van der Waals surface area (Å²) in [6, 6.07) is 10.1. The van der Waals surface area contributed by atoms with Crippen molar-refractivity contribution in [3.8, 4) is 5.75 Å². The molecule has 0 unspecified atom stereocenters. The number of nitrogens with zero attached hydrogens (tertiary/aromatic N) is 2. The molecule has 1 aromatic carbocycles. The maximum atomic E-state index is 5.36. The van der Waals surface area contributed by atoms with Crippen LogP contribution in [0.15, 0.2) is 35.4 Å². The van der Waals surface area contributed by atoms with E-state index in [0.29, 0.717) is 0 Å². The van der Waals surface area contributed by atoms with Gasteiger partial charge in [-0.1, -0.05) is 25.1 Å². The van der Waals surface area contributed by atoms with Gasteiger partial charge in [0.15, 0.2) is 0 Å². The van der Waals surface area contributed by atoms with E-state index in [1.807, 2.05) is 25.1 Å². The van der Waals surface area contributed by atoms with Gasteiger partial charge in [-0.25, -0.2) is 9.97 Å². The SMILES string of the molecule is CCc1cc(SCc2ccccc2OC)nc(C)n1. The quantitative estimate of drug-likeness (QED) is 0.616. The van der Waals surface area contributed by atoms with Crippen molar-refractivity contribution in [2.24, 2.45) is 0 Å². The molecule has 0 atom stereocenters.